The summed E-state index contributed by atoms with van der Waals surface area (Å²) < 4.78 is 12.8. The van der Waals surface area contributed by atoms with Crippen molar-refractivity contribution in [1.29, 1.82) is 0 Å². The highest BCUT2D eigenvalue weighted by Gasteiger charge is 2.44. The van der Waals surface area contributed by atoms with Crippen LogP contribution in [0, 0.1) is 0 Å². The molecule has 2 aliphatic heterocycles. The SMILES string of the molecule is c1csc([B-]23OCCN2CCO3)c1. The normalized spacial score (nSPS) is 26.5. The molecule has 2 fully saturated rings. The molecule has 0 saturated carbocycles. The van der Waals surface area contributed by atoms with Crippen molar-refractivity contribution < 1.29 is 9.31 Å². The average Bonchev–Trinajstić information content (AvgIpc) is 2.79. The molecule has 3 nitrogen and oxygen atoms in total. The predicted molar refractivity (Wildman–Crippen MR) is 53.2 cm³/mol. The summed E-state index contributed by atoms with van der Waals surface area (Å²) in [6.45, 7) is 2.41. The van der Waals surface area contributed by atoms with E-state index in [4.69, 9.17) is 9.31 Å². The Bertz CT molecular complexity index is 293. The third-order valence-corrected chi connectivity index (χ3v) is 3.83. The lowest BCUT2D eigenvalue weighted by Gasteiger charge is -2.35. The van der Waals surface area contributed by atoms with Gasteiger partial charge in [0.2, 0.25) is 0 Å². The van der Waals surface area contributed by atoms with Crippen molar-refractivity contribution in [2.75, 3.05) is 26.3 Å². The Morgan fingerprint density at radius 1 is 1.31 bits per heavy atom. The van der Waals surface area contributed by atoms with Crippen LogP contribution in [0.5, 0.6) is 0 Å². The molecule has 0 radical (unpaired) electrons. The fraction of sp³-hybridized carbons (Fsp3) is 0.500. The first-order valence-electron chi connectivity index (χ1n) is 4.62. The highest BCUT2D eigenvalue weighted by Crippen LogP contribution is 2.25. The van der Waals surface area contributed by atoms with Gasteiger partial charge < -0.3 is 14.1 Å². The van der Waals surface area contributed by atoms with Crippen LogP contribution in [0.3, 0.4) is 0 Å². The van der Waals surface area contributed by atoms with Crippen molar-refractivity contribution in [3.63, 3.8) is 0 Å². The van der Waals surface area contributed by atoms with E-state index in [1.165, 1.54) is 4.78 Å². The van der Waals surface area contributed by atoms with Crippen molar-refractivity contribution in [2.24, 2.45) is 0 Å². The van der Waals surface area contributed by atoms with Crippen molar-refractivity contribution >= 4 is 22.8 Å². The summed E-state index contributed by atoms with van der Waals surface area (Å²) in [5.41, 5.74) is 0. The average molecular weight is 196 g/mol. The van der Waals surface area contributed by atoms with Crippen LogP contribution in [0.15, 0.2) is 17.5 Å². The Morgan fingerprint density at radius 3 is 2.69 bits per heavy atom. The van der Waals surface area contributed by atoms with Crippen LogP contribution in [-0.2, 0) is 9.31 Å². The van der Waals surface area contributed by atoms with Gasteiger partial charge in [0.15, 0.2) is 0 Å². The molecule has 5 heteroatoms. The van der Waals surface area contributed by atoms with E-state index in [0.717, 1.165) is 26.3 Å². The van der Waals surface area contributed by atoms with Gasteiger partial charge in [-0.1, -0.05) is 16.9 Å². The maximum atomic E-state index is 5.79. The molecular formula is C8H11BNO2S-. The molecule has 3 heterocycles. The molecule has 0 spiro atoms. The van der Waals surface area contributed by atoms with Crippen molar-refractivity contribution in [1.82, 2.24) is 4.81 Å². The van der Waals surface area contributed by atoms with Crippen LogP contribution >= 0.6 is 11.3 Å². The summed E-state index contributed by atoms with van der Waals surface area (Å²) in [5, 5.41) is 2.08. The monoisotopic (exact) mass is 196 g/mol. The zero-order valence-electron chi connectivity index (χ0n) is 7.31. The molecule has 0 N–H and O–H groups in total. The van der Waals surface area contributed by atoms with Gasteiger partial charge in [0, 0.05) is 13.2 Å². The van der Waals surface area contributed by atoms with Crippen LogP contribution in [0.4, 0.5) is 0 Å². The molecule has 2 aliphatic rings. The Balaban J connectivity index is 2.03. The zero-order chi connectivity index (χ0) is 8.73. The first-order chi connectivity index (χ1) is 6.42. The van der Waals surface area contributed by atoms with E-state index in [0.29, 0.717) is 0 Å². The molecule has 0 amide bonds. The van der Waals surface area contributed by atoms with Gasteiger partial charge in [-0.05, 0) is 18.5 Å². The number of hydrogen-bond acceptors (Lipinski definition) is 4. The lowest BCUT2D eigenvalue weighted by Crippen LogP contribution is -2.56. The van der Waals surface area contributed by atoms with Gasteiger partial charge in [-0.15, -0.1) is 0 Å². The van der Waals surface area contributed by atoms with E-state index in [1.54, 1.807) is 11.3 Å². The first kappa shape index (κ1) is 7.99. The van der Waals surface area contributed by atoms with E-state index in [9.17, 15) is 0 Å². The van der Waals surface area contributed by atoms with E-state index < -0.39 is 6.69 Å². The maximum absolute atomic E-state index is 5.79. The largest absolute Gasteiger partial charge is 0.550 e. The van der Waals surface area contributed by atoms with Crippen LogP contribution in [0.25, 0.3) is 0 Å². The Morgan fingerprint density at radius 2 is 2.08 bits per heavy atom. The van der Waals surface area contributed by atoms with E-state index in [-0.39, 0.29) is 0 Å². The maximum Gasteiger partial charge on any atom is 0.357 e. The Kier molecular flexibility index (Phi) is 1.73. The number of fused-ring (bicyclic) bond motifs is 1. The molecule has 2 saturated heterocycles. The zero-order valence-corrected chi connectivity index (χ0v) is 8.13. The molecule has 0 aromatic carbocycles. The van der Waals surface area contributed by atoms with Crippen molar-refractivity contribution in [3.05, 3.63) is 17.5 Å². The van der Waals surface area contributed by atoms with E-state index in [2.05, 4.69) is 22.3 Å². The quantitative estimate of drug-likeness (QED) is 0.601. The highest BCUT2D eigenvalue weighted by molar-refractivity contribution is 7.23. The number of rotatable bonds is 1. The fourth-order valence-corrected chi connectivity index (χ4v) is 3.14. The minimum absolute atomic E-state index is 0.803. The number of thiophene rings is 1. The van der Waals surface area contributed by atoms with E-state index >= 15 is 0 Å². The number of hydrogen-bond donors (Lipinski definition) is 0. The summed E-state index contributed by atoms with van der Waals surface area (Å²) in [6.07, 6.45) is 0. The molecule has 0 bridgehead atoms. The summed E-state index contributed by atoms with van der Waals surface area (Å²) in [4.78, 5) is 2.33. The Labute approximate surface area is 81.3 Å². The van der Waals surface area contributed by atoms with Crippen LogP contribution < -0.4 is 4.78 Å². The summed E-state index contributed by atoms with van der Waals surface area (Å²) in [5.74, 6) is 0. The summed E-state index contributed by atoms with van der Waals surface area (Å²) in [7, 11) is 0. The van der Waals surface area contributed by atoms with Gasteiger partial charge in [-0.3, -0.25) is 0 Å². The van der Waals surface area contributed by atoms with E-state index in [1.807, 2.05) is 0 Å². The molecule has 13 heavy (non-hydrogen) atoms. The second-order valence-electron chi connectivity index (χ2n) is 3.46. The third kappa shape index (κ3) is 1.02. The predicted octanol–water partition coefficient (Wildman–Crippen LogP) is 0.256. The highest BCUT2D eigenvalue weighted by atomic mass is 32.1. The van der Waals surface area contributed by atoms with Gasteiger partial charge in [0.05, 0.1) is 0 Å². The molecular weight excluding hydrogens is 185 g/mol. The summed E-state index contributed by atoms with van der Waals surface area (Å²) >= 11 is 1.72. The van der Waals surface area contributed by atoms with Gasteiger partial charge in [-0.2, -0.15) is 11.3 Å². The summed E-state index contributed by atoms with van der Waals surface area (Å²) in [6, 6.07) is 4.16. The van der Waals surface area contributed by atoms with Gasteiger partial charge in [-0.25, -0.2) is 0 Å². The van der Waals surface area contributed by atoms with Gasteiger partial charge >= 0.3 is 6.69 Å². The molecule has 1 aromatic rings. The van der Waals surface area contributed by atoms with Crippen LogP contribution in [-0.4, -0.2) is 37.8 Å². The second kappa shape index (κ2) is 2.82. The number of nitrogens with zero attached hydrogens (tertiary/aromatic N) is 1. The molecule has 3 rings (SSSR count). The first-order valence-corrected chi connectivity index (χ1v) is 5.50. The minimum atomic E-state index is -1.22. The smallest absolute Gasteiger partial charge is 0.357 e. The minimum Gasteiger partial charge on any atom is -0.550 e. The van der Waals surface area contributed by atoms with Crippen LogP contribution in [0.2, 0.25) is 0 Å². The van der Waals surface area contributed by atoms with Gasteiger partial charge in [0.25, 0.3) is 0 Å². The van der Waals surface area contributed by atoms with Crippen LogP contribution in [0.1, 0.15) is 0 Å². The molecule has 0 atom stereocenters. The second-order valence-corrected chi connectivity index (χ2v) is 4.44. The standard InChI is InChI=1S/C8H11BNO2S/c1-2-8(13-7-1)9-10(3-5-11-9)4-6-12-9/h1-2,7H,3-6H2/q-1. The third-order valence-electron chi connectivity index (χ3n) is 2.83. The van der Waals surface area contributed by atoms with Gasteiger partial charge in [0.1, 0.15) is 0 Å². The molecule has 1 aromatic heterocycles. The molecule has 0 aliphatic carbocycles. The molecule has 0 unspecified atom stereocenters. The topological polar surface area (TPSA) is 21.7 Å². The Hall–Kier alpha value is -0.355. The fourth-order valence-electron chi connectivity index (χ4n) is 2.21. The van der Waals surface area contributed by atoms with Crippen molar-refractivity contribution in [2.45, 2.75) is 0 Å². The lowest BCUT2D eigenvalue weighted by atomic mass is 9.69. The molecule has 70 valence electrons. The van der Waals surface area contributed by atoms with Crippen molar-refractivity contribution in [3.8, 4) is 0 Å². The lowest BCUT2D eigenvalue weighted by molar-refractivity contribution is 0.233.